The molecule has 0 saturated carbocycles. The van der Waals surface area contributed by atoms with E-state index in [2.05, 4.69) is 48.5 Å². The third-order valence-corrected chi connectivity index (χ3v) is 18.4. The SMILES string of the molecule is CCC(=O)N(CC)C[C@H]1[C@@H](O)[C@H]([n+]2cn(C)c3c(=O)[nH]c(N)nc32)O[C@@H]1COP(=O)(O)OP(=O)(O)OP(=O)(O)OC[C@H]1O[C@@H](n2cnc3c(N)ncnc32)[C@H](OC)[C@@H]1OP(=O)(O)OC[C@H]1O[C@@H](n2cnc3c(=O)[nH]c(N)nc32)[C@H](O)[C@@H]1O. The number of nitrogens with zero attached hydrogens (tertiary/aromatic N) is 11. The molecule has 3 aliphatic rings. The zero-order chi connectivity index (χ0) is 59.5. The van der Waals surface area contributed by atoms with Gasteiger partial charge in [-0.3, -0.25) is 56.1 Å². The van der Waals surface area contributed by atoms with Gasteiger partial charge in [-0.05, 0) is 6.92 Å². The summed E-state index contributed by atoms with van der Waals surface area (Å²) in [6, 6.07) is 0. The Labute approximate surface area is 458 Å². The molecule has 0 radical (unpaired) electrons. The van der Waals surface area contributed by atoms with Crippen LogP contribution >= 0.6 is 31.3 Å². The van der Waals surface area contributed by atoms with Crippen molar-refractivity contribution in [3.05, 3.63) is 46.0 Å². The summed E-state index contributed by atoms with van der Waals surface area (Å²) in [6.07, 6.45) is -13.2. The minimum absolute atomic E-state index is 0.00655. The first-order valence-corrected chi connectivity index (χ1v) is 30.1. The fourth-order valence-corrected chi connectivity index (χ4v) is 14.0. The molecule has 40 nitrogen and oxygen atoms in total. The standard InChI is InChI=1S/C38H54N16O24P4/c1-5-19(55)51(6-2)7-15-16(73-34(23(15)56)54-14-50(3)22-31(54)47-38(41)49-33(22)60)8-71-80(63,64)77-82(67,68)78-81(65,66)72-10-18-26(27(69-4)36(75-18)52-12-44-20-28(39)42-11-43-29(20)52)76-79(61,62)70-9-17-24(57)25(58)35(74-17)53-13-45-21-30(53)46-37(40)48-32(21)59/h11-18,23-27,34-36,56-58H,5-10H2,1-4H3,(H11-,39,40,41,42,43,46,47,48,49,59,60,61,62,63,64,65,66,67,68)/p+1/t15-,16-,17-,18-,23-,24-,25-,26-,27-,34-,35-,36-/m1/s1. The maximum atomic E-state index is 13.8. The van der Waals surface area contributed by atoms with Crippen LogP contribution in [0.25, 0.3) is 33.5 Å². The molecule has 1 amide bonds. The number of nitrogen functional groups attached to an aromatic ring is 3. The molecule has 6 aromatic rings. The summed E-state index contributed by atoms with van der Waals surface area (Å²) in [4.78, 5) is 111. The molecule has 3 fully saturated rings. The van der Waals surface area contributed by atoms with Gasteiger partial charge in [-0.25, -0.2) is 42.8 Å². The zero-order valence-corrected chi connectivity index (χ0v) is 46.6. The lowest BCUT2D eigenvalue weighted by Crippen LogP contribution is -2.47. The predicted octanol–water partition coefficient (Wildman–Crippen LogP) is -3.20. The monoisotopic (exact) mass is 1240 g/mol. The average molecular weight is 1240 g/mol. The number of phosphoric acid groups is 4. The number of hydrogen-bond donors (Lipinski definition) is 12. The quantitative estimate of drug-likeness (QED) is 0.0222. The second kappa shape index (κ2) is 23.4. The zero-order valence-electron chi connectivity index (χ0n) is 43.0. The number of fused-ring (bicyclic) bond motifs is 3. The minimum atomic E-state index is -6.24. The molecule has 0 aromatic carbocycles. The first-order chi connectivity index (χ1) is 38.5. The molecule has 9 heterocycles. The van der Waals surface area contributed by atoms with E-state index in [1.54, 1.807) is 13.8 Å². The molecule has 3 aliphatic heterocycles. The molecular weight excluding hydrogens is 1190 g/mol. The summed E-state index contributed by atoms with van der Waals surface area (Å²) in [5.41, 5.74) is 15.7. The number of methoxy groups -OCH3 is 1. The molecule has 44 heteroatoms. The first kappa shape index (κ1) is 60.9. The van der Waals surface area contributed by atoms with E-state index in [1.807, 2.05) is 0 Å². The summed E-state index contributed by atoms with van der Waals surface area (Å²) < 4.78 is 111. The van der Waals surface area contributed by atoms with Gasteiger partial charge in [-0.2, -0.15) is 13.6 Å². The van der Waals surface area contributed by atoms with Crippen LogP contribution in [0, 0.1) is 5.92 Å². The van der Waals surface area contributed by atoms with Gasteiger partial charge in [0.25, 0.3) is 17.1 Å². The van der Waals surface area contributed by atoms with E-state index in [1.165, 1.54) is 32.0 Å². The van der Waals surface area contributed by atoms with Crippen molar-refractivity contribution in [3.8, 4) is 0 Å². The number of aliphatic hydroxyl groups excluding tert-OH is 3. The van der Waals surface area contributed by atoms with Crippen LogP contribution in [0.15, 0.2) is 34.9 Å². The number of aliphatic hydroxyl groups is 3. The number of aryl methyl sites for hydroxylation is 1. The van der Waals surface area contributed by atoms with E-state index in [0.29, 0.717) is 0 Å². The second-order valence-corrected chi connectivity index (χ2v) is 24.5. The molecule has 15 N–H and O–H groups in total. The van der Waals surface area contributed by atoms with Gasteiger partial charge in [0.2, 0.25) is 23.6 Å². The fourth-order valence-electron chi connectivity index (χ4n) is 9.49. The Bertz CT molecular complexity index is 3700. The predicted molar refractivity (Wildman–Crippen MR) is 269 cm³/mol. The van der Waals surface area contributed by atoms with Crippen molar-refractivity contribution in [1.29, 1.82) is 0 Å². The Morgan fingerprint density at radius 3 is 1.99 bits per heavy atom. The summed E-state index contributed by atoms with van der Waals surface area (Å²) in [5.74, 6) is -2.19. The van der Waals surface area contributed by atoms with E-state index in [9.17, 15) is 67.5 Å². The molecule has 9 rings (SSSR count). The van der Waals surface area contributed by atoms with E-state index in [-0.39, 0.29) is 76.6 Å². The third-order valence-electron chi connectivity index (χ3n) is 13.2. The highest BCUT2D eigenvalue weighted by Crippen LogP contribution is 2.68. The van der Waals surface area contributed by atoms with E-state index < -0.39 is 136 Å². The molecule has 82 heavy (non-hydrogen) atoms. The number of nitrogens with two attached hydrogens (primary N) is 3. The van der Waals surface area contributed by atoms with Gasteiger partial charge in [-0.1, -0.05) is 11.9 Å². The van der Waals surface area contributed by atoms with Crippen LogP contribution in [0.5, 0.6) is 0 Å². The van der Waals surface area contributed by atoms with Crippen LogP contribution in [0.1, 0.15) is 39.0 Å². The molecule has 6 aromatic heterocycles. The first-order valence-electron chi connectivity index (χ1n) is 24.1. The van der Waals surface area contributed by atoms with Crippen LogP contribution in [0.2, 0.25) is 0 Å². The lowest BCUT2D eigenvalue weighted by atomic mass is 9.97. The molecule has 0 aliphatic carbocycles. The molecular formula is C38H55N16O24P4+. The van der Waals surface area contributed by atoms with E-state index >= 15 is 0 Å². The lowest BCUT2D eigenvalue weighted by molar-refractivity contribution is -0.745. The molecule has 4 unspecified atom stereocenters. The number of aromatic nitrogens is 12. The van der Waals surface area contributed by atoms with Gasteiger partial charge >= 0.3 is 36.9 Å². The van der Waals surface area contributed by atoms with Crippen LogP contribution in [0.4, 0.5) is 17.7 Å². The topological polar surface area (TPSA) is 562 Å². The van der Waals surface area contributed by atoms with E-state index in [4.69, 9.17) is 54.2 Å². The number of phosphoric ester groups is 3. The third kappa shape index (κ3) is 12.4. The highest BCUT2D eigenvalue weighted by Gasteiger charge is 2.54. The number of amides is 1. The number of H-pyrrole nitrogens is 2. The van der Waals surface area contributed by atoms with Crippen LogP contribution in [0.3, 0.4) is 0 Å². The normalized spacial score (nSPS) is 28.8. The number of nitrogens with one attached hydrogen (secondary N) is 2. The van der Waals surface area contributed by atoms with Crippen molar-refractivity contribution in [3.63, 3.8) is 0 Å². The number of carbonyl (C=O) groups is 1. The molecule has 16 atom stereocenters. The van der Waals surface area contributed by atoms with Crippen molar-refractivity contribution >= 4 is 88.4 Å². The second-order valence-electron chi connectivity index (χ2n) is 18.4. The minimum Gasteiger partial charge on any atom is -0.387 e. The van der Waals surface area contributed by atoms with Crippen molar-refractivity contribution in [2.75, 3.05) is 57.2 Å². The maximum Gasteiger partial charge on any atom is 0.490 e. The highest BCUT2D eigenvalue weighted by atomic mass is 31.3. The molecule has 0 spiro atoms. The number of carbonyl (C=O) groups excluding carboxylic acids is 1. The van der Waals surface area contributed by atoms with Crippen LogP contribution in [-0.2, 0) is 75.8 Å². The van der Waals surface area contributed by atoms with Gasteiger partial charge < -0.3 is 75.9 Å². The molecule has 3 saturated heterocycles. The number of hydrogen-bond acceptors (Lipinski definition) is 29. The largest absolute Gasteiger partial charge is 0.490 e. The fraction of sp³-hybridized carbons (Fsp3) is 0.579. The number of anilines is 3. The van der Waals surface area contributed by atoms with Crippen molar-refractivity contribution in [1.82, 2.24) is 58.5 Å². The highest BCUT2D eigenvalue weighted by molar-refractivity contribution is 7.66. The van der Waals surface area contributed by atoms with Crippen molar-refractivity contribution < 1.29 is 108 Å². The number of ether oxygens (including phenoxy) is 4. The van der Waals surface area contributed by atoms with Gasteiger partial charge in [0.1, 0.15) is 54.6 Å². The Hall–Kier alpha value is -5.64. The summed E-state index contributed by atoms with van der Waals surface area (Å²) in [6.45, 7) is -0.137. The molecule has 450 valence electrons. The number of rotatable bonds is 23. The van der Waals surface area contributed by atoms with Gasteiger partial charge in [0, 0.05) is 32.5 Å². The Kier molecular flexibility index (Phi) is 17.4. The Morgan fingerprint density at radius 2 is 1.33 bits per heavy atom. The lowest BCUT2D eigenvalue weighted by Gasteiger charge is -2.28. The Balaban J connectivity index is 0.884. The maximum absolute atomic E-state index is 13.8. The average Bonchev–Trinajstić information content (AvgIpc) is 3.77. The van der Waals surface area contributed by atoms with Crippen molar-refractivity contribution in [2.45, 2.75) is 87.8 Å². The number of imidazole rings is 3. The smallest absolute Gasteiger partial charge is 0.387 e. The van der Waals surface area contributed by atoms with Gasteiger partial charge in [0.15, 0.2) is 41.4 Å². The summed E-state index contributed by atoms with van der Waals surface area (Å²) in [5, 5.41) is 33.5. The Morgan fingerprint density at radius 1 is 0.732 bits per heavy atom. The molecule has 0 bridgehead atoms. The van der Waals surface area contributed by atoms with Crippen molar-refractivity contribution in [2.24, 2.45) is 13.0 Å². The van der Waals surface area contributed by atoms with Gasteiger partial charge in [-0.15, -0.1) is 0 Å². The number of aromatic amines is 2. The van der Waals surface area contributed by atoms with E-state index in [0.717, 1.165) is 30.7 Å². The summed E-state index contributed by atoms with van der Waals surface area (Å²) >= 11 is 0. The van der Waals surface area contributed by atoms with Crippen LogP contribution < -0.4 is 32.9 Å². The van der Waals surface area contributed by atoms with Gasteiger partial charge in [0.05, 0.1) is 45.6 Å². The summed E-state index contributed by atoms with van der Waals surface area (Å²) in [7, 11) is -21.0. The van der Waals surface area contributed by atoms with Crippen LogP contribution in [-0.4, -0.2) is 188 Å².